The normalized spacial score (nSPS) is 16.5. The van der Waals surface area contributed by atoms with Crippen LogP contribution in [0, 0.1) is 11.6 Å². The van der Waals surface area contributed by atoms with Crippen LogP contribution in [0.25, 0.3) is 0 Å². The smallest absolute Gasteiger partial charge is 0.255 e. The minimum atomic E-state index is -0.606. The van der Waals surface area contributed by atoms with Crippen molar-refractivity contribution in [2.75, 3.05) is 11.9 Å². The second kappa shape index (κ2) is 9.87. The summed E-state index contributed by atoms with van der Waals surface area (Å²) in [6.07, 6.45) is 4.45. The number of rotatable bonds is 6. The Kier molecular flexibility index (Phi) is 6.74. The number of carbonyl (C=O) groups is 2. The summed E-state index contributed by atoms with van der Waals surface area (Å²) < 4.78 is 27.5. The minimum absolute atomic E-state index is 0.0313. The molecule has 0 bridgehead atoms. The van der Waals surface area contributed by atoms with Gasteiger partial charge in [0.2, 0.25) is 5.91 Å². The predicted molar refractivity (Wildman–Crippen MR) is 120 cm³/mol. The van der Waals surface area contributed by atoms with E-state index in [9.17, 15) is 18.4 Å². The third-order valence-corrected chi connectivity index (χ3v) is 5.88. The number of amides is 2. The predicted octanol–water partition coefficient (Wildman–Crippen LogP) is 3.85. The van der Waals surface area contributed by atoms with Crippen LogP contribution >= 0.6 is 0 Å². The number of aromatic nitrogens is 1. The van der Waals surface area contributed by atoms with Gasteiger partial charge in [0, 0.05) is 35.8 Å². The van der Waals surface area contributed by atoms with Gasteiger partial charge in [0.05, 0.1) is 18.5 Å². The third kappa shape index (κ3) is 5.23. The summed E-state index contributed by atoms with van der Waals surface area (Å²) in [5.74, 6) is -1.73. The Morgan fingerprint density at radius 3 is 2.55 bits per heavy atom. The summed E-state index contributed by atoms with van der Waals surface area (Å²) >= 11 is 0. The molecule has 1 aliphatic heterocycles. The molecule has 6 nitrogen and oxygen atoms in total. The molecule has 33 heavy (non-hydrogen) atoms. The van der Waals surface area contributed by atoms with Crippen LogP contribution in [0.3, 0.4) is 0 Å². The number of likely N-dealkylation sites (tertiary alicyclic amines) is 1. The first-order valence-corrected chi connectivity index (χ1v) is 10.7. The fourth-order valence-corrected chi connectivity index (χ4v) is 4.14. The van der Waals surface area contributed by atoms with E-state index < -0.39 is 17.7 Å². The SMILES string of the molecule is NC(c1ccc(C(=O)Nc2ccncc2)cc1)C1CCCN1C(=O)Cc1cc(F)ccc1F. The van der Waals surface area contributed by atoms with Crippen LogP contribution in [0.1, 0.15) is 40.4 Å². The van der Waals surface area contributed by atoms with Crippen LogP contribution in [0.4, 0.5) is 14.5 Å². The second-order valence-corrected chi connectivity index (χ2v) is 8.05. The Morgan fingerprint density at radius 2 is 1.82 bits per heavy atom. The summed E-state index contributed by atoms with van der Waals surface area (Å²) in [7, 11) is 0. The van der Waals surface area contributed by atoms with E-state index in [1.807, 2.05) is 0 Å². The van der Waals surface area contributed by atoms with Crippen molar-refractivity contribution >= 4 is 17.5 Å². The van der Waals surface area contributed by atoms with Gasteiger partial charge in [-0.15, -0.1) is 0 Å². The molecule has 1 aliphatic rings. The molecular weight excluding hydrogens is 426 g/mol. The zero-order valence-corrected chi connectivity index (χ0v) is 17.9. The molecule has 2 heterocycles. The lowest BCUT2D eigenvalue weighted by molar-refractivity contribution is -0.131. The molecule has 1 aromatic heterocycles. The topological polar surface area (TPSA) is 88.3 Å². The van der Waals surface area contributed by atoms with Gasteiger partial charge in [-0.1, -0.05) is 12.1 Å². The minimum Gasteiger partial charge on any atom is -0.338 e. The highest BCUT2D eigenvalue weighted by Crippen LogP contribution is 2.29. The summed E-state index contributed by atoms with van der Waals surface area (Å²) in [6.45, 7) is 0.514. The van der Waals surface area contributed by atoms with Gasteiger partial charge in [-0.2, -0.15) is 0 Å². The van der Waals surface area contributed by atoms with E-state index in [1.54, 1.807) is 53.7 Å². The zero-order chi connectivity index (χ0) is 23.4. The van der Waals surface area contributed by atoms with Crippen molar-refractivity contribution in [3.05, 3.63) is 95.3 Å². The lowest BCUT2D eigenvalue weighted by Gasteiger charge is -2.30. The number of nitrogens with two attached hydrogens (primary N) is 1. The molecule has 8 heteroatoms. The molecule has 2 aromatic carbocycles. The second-order valence-electron chi connectivity index (χ2n) is 8.05. The maximum atomic E-state index is 14.0. The number of pyridine rings is 1. The molecule has 0 saturated carbocycles. The monoisotopic (exact) mass is 450 g/mol. The molecule has 0 spiro atoms. The first-order valence-electron chi connectivity index (χ1n) is 10.7. The summed E-state index contributed by atoms with van der Waals surface area (Å²) in [4.78, 5) is 30.9. The van der Waals surface area contributed by atoms with Crippen LogP contribution < -0.4 is 11.1 Å². The average Bonchev–Trinajstić information content (AvgIpc) is 3.32. The van der Waals surface area contributed by atoms with E-state index in [4.69, 9.17) is 5.73 Å². The maximum absolute atomic E-state index is 14.0. The molecule has 1 fully saturated rings. The molecule has 1 saturated heterocycles. The van der Waals surface area contributed by atoms with Gasteiger partial charge in [-0.05, 0) is 60.9 Å². The molecule has 4 rings (SSSR count). The Balaban J connectivity index is 1.43. The number of nitrogens with one attached hydrogen (secondary N) is 1. The van der Waals surface area contributed by atoms with Crippen LogP contribution in [0.2, 0.25) is 0 Å². The molecule has 170 valence electrons. The van der Waals surface area contributed by atoms with Crippen LogP contribution in [0.15, 0.2) is 67.0 Å². The maximum Gasteiger partial charge on any atom is 0.255 e. The van der Waals surface area contributed by atoms with Crippen LogP contribution in [0.5, 0.6) is 0 Å². The highest BCUT2D eigenvalue weighted by Gasteiger charge is 2.34. The molecule has 2 amide bonds. The number of nitrogens with zero attached hydrogens (tertiary/aromatic N) is 2. The van der Waals surface area contributed by atoms with E-state index in [0.29, 0.717) is 24.2 Å². The standard InChI is InChI=1S/C25H24F2N4O2/c26-19-7-8-21(27)18(14-19)15-23(32)31-13-1-2-22(31)24(28)16-3-5-17(6-4-16)25(33)30-20-9-11-29-12-10-20/h3-12,14,22,24H,1-2,13,15,28H2,(H,29,30,33). The van der Waals surface area contributed by atoms with Crippen LogP contribution in [-0.2, 0) is 11.2 Å². The largest absolute Gasteiger partial charge is 0.338 e. The molecule has 0 aliphatic carbocycles. The Labute approximate surface area is 190 Å². The van der Waals surface area contributed by atoms with Crippen molar-refractivity contribution in [1.29, 1.82) is 0 Å². The van der Waals surface area contributed by atoms with E-state index in [0.717, 1.165) is 30.2 Å². The summed E-state index contributed by atoms with van der Waals surface area (Å²) in [5.41, 5.74) is 8.43. The van der Waals surface area contributed by atoms with Gasteiger partial charge in [0.25, 0.3) is 5.91 Å². The molecule has 2 unspecified atom stereocenters. The lowest BCUT2D eigenvalue weighted by Crippen LogP contribution is -2.42. The van der Waals surface area contributed by atoms with Gasteiger partial charge in [-0.25, -0.2) is 8.78 Å². The highest BCUT2D eigenvalue weighted by atomic mass is 19.1. The quantitative estimate of drug-likeness (QED) is 0.597. The Hall–Kier alpha value is -3.65. The molecule has 0 radical (unpaired) electrons. The summed E-state index contributed by atoms with van der Waals surface area (Å²) in [5, 5.41) is 2.80. The van der Waals surface area contributed by atoms with Gasteiger partial charge >= 0.3 is 0 Å². The zero-order valence-electron chi connectivity index (χ0n) is 17.9. The van der Waals surface area contributed by atoms with Crippen molar-refractivity contribution in [3.8, 4) is 0 Å². The summed E-state index contributed by atoms with van der Waals surface area (Å²) in [6, 6.07) is 12.7. The Morgan fingerprint density at radius 1 is 1.09 bits per heavy atom. The number of hydrogen-bond acceptors (Lipinski definition) is 4. The van der Waals surface area contributed by atoms with E-state index >= 15 is 0 Å². The number of carbonyl (C=O) groups excluding carboxylic acids is 2. The highest BCUT2D eigenvalue weighted by molar-refractivity contribution is 6.04. The number of anilines is 1. The average molecular weight is 450 g/mol. The molecule has 3 N–H and O–H groups in total. The van der Waals surface area contributed by atoms with Crippen molar-refractivity contribution < 1.29 is 18.4 Å². The van der Waals surface area contributed by atoms with Crippen molar-refractivity contribution in [1.82, 2.24) is 9.88 Å². The lowest BCUT2D eigenvalue weighted by atomic mass is 9.96. The number of halogens is 2. The molecule has 2 atom stereocenters. The number of hydrogen-bond donors (Lipinski definition) is 2. The van der Waals surface area contributed by atoms with Crippen molar-refractivity contribution in [3.63, 3.8) is 0 Å². The number of benzene rings is 2. The Bertz CT molecular complexity index is 1140. The van der Waals surface area contributed by atoms with Gasteiger partial charge in [0.1, 0.15) is 11.6 Å². The van der Waals surface area contributed by atoms with Crippen LogP contribution in [-0.4, -0.2) is 34.3 Å². The molecular formula is C25H24F2N4O2. The first kappa shape index (κ1) is 22.5. The van der Waals surface area contributed by atoms with E-state index in [1.165, 1.54) is 0 Å². The van der Waals surface area contributed by atoms with Crippen molar-refractivity contribution in [2.45, 2.75) is 31.3 Å². The van der Waals surface area contributed by atoms with E-state index in [2.05, 4.69) is 10.3 Å². The fraction of sp³-hybridized carbons (Fsp3) is 0.240. The fourth-order valence-electron chi connectivity index (χ4n) is 4.14. The van der Waals surface area contributed by atoms with Gasteiger partial charge in [0.15, 0.2) is 0 Å². The van der Waals surface area contributed by atoms with Crippen molar-refractivity contribution in [2.24, 2.45) is 5.73 Å². The van der Waals surface area contributed by atoms with Gasteiger partial charge in [-0.3, -0.25) is 14.6 Å². The third-order valence-electron chi connectivity index (χ3n) is 5.88. The first-order chi connectivity index (χ1) is 15.9. The van der Waals surface area contributed by atoms with E-state index in [-0.39, 0.29) is 29.8 Å². The molecule has 3 aromatic rings. The van der Waals surface area contributed by atoms with Gasteiger partial charge < -0.3 is 16.0 Å².